The lowest BCUT2D eigenvalue weighted by molar-refractivity contribution is 0.794. The van der Waals surface area contributed by atoms with Crippen molar-refractivity contribution in [3.63, 3.8) is 0 Å². The van der Waals surface area contributed by atoms with Gasteiger partial charge in [-0.25, -0.2) is 0 Å². The molecule has 0 saturated carbocycles. The number of benzene rings is 13. The van der Waals surface area contributed by atoms with Gasteiger partial charge in [0.25, 0.3) is 6.71 Å². The van der Waals surface area contributed by atoms with Crippen LogP contribution in [0.3, 0.4) is 0 Å². The lowest BCUT2D eigenvalue weighted by Gasteiger charge is -2.45. The molecular weight excluding hydrogens is 892 g/mol. The second kappa shape index (κ2) is 14.8. The molecule has 1 spiro atoms. The van der Waals surface area contributed by atoms with Crippen LogP contribution < -0.4 is 26.2 Å². The van der Waals surface area contributed by atoms with E-state index in [1.54, 1.807) is 0 Å². The summed E-state index contributed by atoms with van der Waals surface area (Å²) < 4.78 is 0. The molecule has 2 aliphatic heterocycles. The first kappa shape index (κ1) is 40.2. The summed E-state index contributed by atoms with van der Waals surface area (Å²) in [7, 11) is 0. The molecule has 0 radical (unpaired) electrons. The van der Waals surface area contributed by atoms with E-state index < -0.39 is 5.41 Å². The molecule has 0 bridgehead atoms. The summed E-state index contributed by atoms with van der Waals surface area (Å²) >= 11 is 0. The second-order valence-electron chi connectivity index (χ2n) is 20.7. The molecule has 2 heterocycles. The number of hydrogen-bond donors (Lipinski definition) is 0. The average molecular weight is 935 g/mol. The fraction of sp³-hybridized carbons (Fsp3) is 0.0141. The summed E-state index contributed by atoms with van der Waals surface area (Å²) in [5, 5.41) is 9.93. The van der Waals surface area contributed by atoms with Crippen LogP contribution in [0.4, 0.5) is 34.1 Å². The minimum atomic E-state index is -0.412. The first-order chi connectivity index (χ1) is 36.7. The number of para-hydroxylation sites is 2. The number of anilines is 6. The van der Waals surface area contributed by atoms with Crippen molar-refractivity contribution in [1.29, 1.82) is 0 Å². The standard InChI is InChI=1S/C71H43BN2/c1-3-21-52(22-4-1)73-66-42-51(48-31-34-63-59(41-48)56-27-13-16-30-62(56)71(63)60-28-14-11-25-54(60)55-26-12-15-29-61(55)71)43-67-68(66)72(64-35-32-49-37-44-17-7-9-19-46(44)39-57(49)69(64)73)65-36-33-50-38-45-18-8-10-20-47(45)40-58(50)70(65)74(67)53-23-5-2-6-24-53/h1-43H. The summed E-state index contributed by atoms with van der Waals surface area (Å²) in [6.07, 6.45) is 0. The summed E-state index contributed by atoms with van der Waals surface area (Å²) in [6, 6.07) is 98.8. The Morgan fingerprint density at radius 1 is 0.284 bits per heavy atom. The highest BCUT2D eigenvalue weighted by Gasteiger charge is 2.52. The first-order valence-corrected chi connectivity index (χ1v) is 25.9. The summed E-state index contributed by atoms with van der Waals surface area (Å²) in [4.78, 5) is 5.19. The highest BCUT2D eigenvalue weighted by Crippen LogP contribution is 2.63. The molecule has 0 N–H and O–H groups in total. The van der Waals surface area contributed by atoms with E-state index in [4.69, 9.17) is 0 Å². The Kier molecular flexibility index (Phi) is 8.05. The number of nitrogens with zero attached hydrogens (tertiary/aromatic N) is 2. The molecule has 2 aliphatic carbocycles. The lowest BCUT2D eigenvalue weighted by atomic mass is 9.33. The molecular formula is C71H43BN2. The SMILES string of the molecule is c1ccc(N2c3cc(-c4ccc5c(c4)-c4ccccc4C54c5ccccc5-c5ccccc54)cc4c3B(c3ccc5cc6ccccc6cc5c32)c2ccc3cc5ccccc5cc3c2N4c2ccccc2)cc1. The Hall–Kier alpha value is -9.44. The average Bonchev–Trinajstić information content (AvgIpc) is 4.08. The van der Waals surface area contributed by atoms with Crippen molar-refractivity contribution >= 4 is 100 Å². The van der Waals surface area contributed by atoms with E-state index in [9.17, 15) is 0 Å². The zero-order valence-electron chi connectivity index (χ0n) is 40.3. The quantitative estimate of drug-likeness (QED) is 0.129. The molecule has 13 aromatic carbocycles. The molecule has 4 aliphatic rings. The third kappa shape index (κ3) is 5.25. The van der Waals surface area contributed by atoms with E-state index in [2.05, 4.69) is 271 Å². The van der Waals surface area contributed by atoms with Crippen LogP contribution in [-0.2, 0) is 5.41 Å². The minimum absolute atomic E-state index is 0.0556. The van der Waals surface area contributed by atoms with Crippen LogP contribution in [0.1, 0.15) is 22.3 Å². The third-order valence-electron chi connectivity index (χ3n) is 17.1. The predicted molar refractivity (Wildman–Crippen MR) is 312 cm³/mol. The predicted octanol–water partition coefficient (Wildman–Crippen LogP) is 16.4. The molecule has 0 saturated heterocycles. The van der Waals surface area contributed by atoms with Crippen molar-refractivity contribution in [1.82, 2.24) is 0 Å². The fourth-order valence-corrected chi connectivity index (χ4v) is 14.1. The lowest BCUT2D eigenvalue weighted by Crippen LogP contribution is -2.61. The van der Waals surface area contributed by atoms with Crippen LogP contribution in [0.5, 0.6) is 0 Å². The van der Waals surface area contributed by atoms with E-state index >= 15 is 0 Å². The molecule has 340 valence electrons. The van der Waals surface area contributed by atoms with Crippen LogP contribution >= 0.6 is 0 Å². The maximum atomic E-state index is 2.60. The zero-order valence-corrected chi connectivity index (χ0v) is 40.3. The van der Waals surface area contributed by atoms with Gasteiger partial charge in [0.1, 0.15) is 0 Å². The molecule has 74 heavy (non-hydrogen) atoms. The van der Waals surface area contributed by atoms with Gasteiger partial charge in [0.05, 0.1) is 5.41 Å². The van der Waals surface area contributed by atoms with Crippen LogP contribution in [-0.4, -0.2) is 6.71 Å². The molecule has 0 amide bonds. The maximum Gasteiger partial charge on any atom is 0.252 e. The Balaban J connectivity index is 0.995. The smallest absolute Gasteiger partial charge is 0.252 e. The van der Waals surface area contributed by atoms with Gasteiger partial charge in [-0.05, 0) is 171 Å². The van der Waals surface area contributed by atoms with Gasteiger partial charge in [-0.3, -0.25) is 0 Å². The Bertz CT molecular complexity index is 4340. The summed E-state index contributed by atoms with van der Waals surface area (Å²) in [6.45, 7) is -0.0556. The number of hydrogen-bond acceptors (Lipinski definition) is 2. The van der Waals surface area contributed by atoms with Gasteiger partial charge < -0.3 is 9.80 Å². The monoisotopic (exact) mass is 934 g/mol. The first-order valence-electron chi connectivity index (χ1n) is 25.9. The van der Waals surface area contributed by atoms with E-state index in [0.29, 0.717) is 0 Å². The van der Waals surface area contributed by atoms with Crippen LogP contribution in [0, 0.1) is 0 Å². The Morgan fingerprint density at radius 3 is 1.18 bits per heavy atom. The molecule has 2 nitrogen and oxygen atoms in total. The largest absolute Gasteiger partial charge is 0.311 e. The van der Waals surface area contributed by atoms with Crippen LogP contribution in [0.2, 0.25) is 0 Å². The maximum absolute atomic E-state index is 2.60. The van der Waals surface area contributed by atoms with E-state index in [-0.39, 0.29) is 6.71 Å². The molecule has 0 unspecified atom stereocenters. The van der Waals surface area contributed by atoms with E-state index in [1.807, 2.05) is 0 Å². The second-order valence-corrected chi connectivity index (χ2v) is 20.7. The highest BCUT2D eigenvalue weighted by atomic mass is 15.2. The normalized spacial score (nSPS) is 14.0. The van der Waals surface area contributed by atoms with E-state index in [1.165, 1.54) is 138 Å². The van der Waals surface area contributed by atoms with Gasteiger partial charge in [-0.15, -0.1) is 0 Å². The van der Waals surface area contributed by atoms with Gasteiger partial charge in [0, 0.05) is 44.9 Å². The summed E-state index contributed by atoms with van der Waals surface area (Å²) in [5.74, 6) is 0. The van der Waals surface area contributed by atoms with E-state index in [0.717, 1.165) is 11.4 Å². The van der Waals surface area contributed by atoms with Gasteiger partial charge in [0.15, 0.2) is 0 Å². The molecule has 0 atom stereocenters. The molecule has 17 rings (SSSR count). The van der Waals surface area contributed by atoms with Crippen molar-refractivity contribution in [2.75, 3.05) is 9.80 Å². The van der Waals surface area contributed by atoms with Crippen molar-refractivity contribution < 1.29 is 0 Å². The highest BCUT2D eigenvalue weighted by molar-refractivity contribution is 7.00. The van der Waals surface area contributed by atoms with Crippen molar-refractivity contribution in [3.8, 4) is 33.4 Å². The van der Waals surface area contributed by atoms with Crippen molar-refractivity contribution in [3.05, 3.63) is 283 Å². The topological polar surface area (TPSA) is 6.48 Å². The Morgan fingerprint density at radius 2 is 0.689 bits per heavy atom. The number of rotatable bonds is 3. The molecule has 0 fully saturated rings. The summed E-state index contributed by atoms with van der Waals surface area (Å²) in [5.41, 5.74) is 23.7. The zero-order chi connectivity index (χ0) is 48.2. The van der Waals surface area contributed by atoms with Crippen LogP contribution in [0.25, 0.3) is 76.5 Å². The third-order valence-corrected chi connectivity index (χ3v) is 17.1. The van der Waals surface area contributed by atoms with Gasteiger partial charge >= 0.3 is 0 Å². The fourth-order valence-electron chi connectivity index (χ4n) is 14.1. The van der Waals surface area contributed by atoms with Gasteiger partial charge in [0.2, 0.25) is 0 Å². The molecule has 3 heteroatoms. The van der Waals surface area contributed by atoms with Gasteiger partial charge in [-0.1, -0.05) is 194 Å². The van der Waals surface area contributed by atoms with Gasteiger partial charge in [-0.2, -0.15) is 0 Å². The molecule has 13 aromatic rings. The van der Waals surface area contributed by atoms with Crippen molar-refractivity contribution in [2.24, 2.45) is 0 Å². The minimum Gasteiger partial charge on any atom is -0.311 e. The van der Waals surface area contributed by atoms with Crippen molar-refractivity contribution in [2.45, 2.75) is 5.41 Å². The number of fused-ring (bicyclic) bond motifs is 20. The Labute approximate surface area is 429 Å². The van der Waals surface area contributed by atoms with Crippen LogP contribution in [0.15, 0.2) is 261 Å². The molecule has 0 aromatic heterocycles.